The Morgan fingerprint density at radius 1 is 1.24 bits per heavy atom. The van der Waals surface area contributed by atoms with Crippen LogP contribution in [0.15, 0.2) is 40.8 Å². The third-order valence-electron chi connectivity index (χ3n) is 6.29. The van der Waals surface area contributed by atoms with Crippen LogP contribution >= 0.6 is 11.3 Å². The number of fused-ring (bicyclic) bond motifs is 1. The predicted molar refractivity (Wildman–Crippen MR) is 118 cm³/mol. The van der Waals surface area contributed by atoms with Crippen LogP contribution in [0.2, 0.25) is 0 Å². The lowest BCUT2D eigenvalue weighted by Crippen LogP contribution is -2.45. The Labute approximate surface area is 174 Å². The second kappa shape index (κ2) is 8.11. The molecule has 0 bridgehead atoms. The van der Waals surface area contributed by atoms with Crippen LogP contribution < -0.4 is 10.9 Å². The first kappa shape index (κ1) is 19.8. The van der Waals surface area contributed by atoms with Crippen molar-refractivity contribution < 1.29 is 4.79 Å². The van der Waals surface area contributed by atoms with E-state index in [1.54, 1.807) is 0 Å². The number of aryl methyl sites for hydroxylation is 1. The highest BCUT2D eigenvalue weighted by Gasteiger charge is 2.28. The molecule has 2 heterocycles. The molecule has 1 aromatic carbocycles. The Morgan fingerprint density at radius 2 is 2.00 bits per heavy atom. The van der Waals surface area contributed by atoms with Gasteiger partial charge in [-0.05, 0) is 30.7 Å². The number of carbonyl (C=O) groups is 1. The number of aromatic nitrogens is 2. The van der Waals surface area contributed by atoms with Gasteiger partial charge in [-0.15, -0.1) is 11.3 Å². The van der Waals surface area contributed by atoms with Crippen LogP contribution in [0.1, 0.15) is 38.7 Å². The molecule has 1 fully saturated rings. The van der Waals surface area contributed by atoms with Gasteiger partial charge in [0.05, 0.1) is 11.7 Å². The van der Waals surface area contributed by atoms with E-state index in [0.717, 1.165) is 24.0 Å². The highest BCUT2D eigenvalue weighted by atomic mass is 32.1. The number of amides is 1. The number of hydrogen-bond acceptors (Lipinski definition) is 4. The van der Waals surface area contributed by atoms with Gasteiger partial charge < -0.3 is 5.32 Å². The van der Waals surface area contributed by atoms with E-state index in [2.05, 4.69) is 24.1 Å². The normalized spacial score (nSPS) is 22.0. The van der Waals surface area contributed by atoms with Crippen molar-refractivity contribution in [2.45, 2.75) is 52.6 Å². The second-order valence-corrected chi connectivity index (χ2v) is 9.17. The van der Waals surface area contributed by atoms with Crippen LogP contribution in [0, 0.1) is 18.8 Å². The summed E-state index contributed by atoms with van der Waals surface area (Å²) in [5.41, 5.74) is 2.89. The van der Waals surface area contributed by atoms with Gasteiger partial charge in [0.25, 0.3) is 5.56 Å². The molecule has 1 N–H and O–H groups in total. The van der Waals surface area contributed by atoms with Crippen molar-refractivity contribution in [3.63, 3.8) is 0 Å². The molecule has 3 atom stereocenters. The van der Waals surface area contributed by atoms with E-state index in [-0.39, 0.29) is 24.1 Å². The fraction of sp³-hybridized carbons (Fsp3) is 0.435. The van der Waals surface area contributed by atoms with Crippen molar-refractivity contribution in [1.29, 1.82) is 0 Å². The Hall–Kier alpha value is -2.47. The van der Waals surface area contributed by atoms with Gasteiger partial charge in [-0.2, -0.15) is 0 Å². The highest BCUT2D eigenvalue weighted by molar-refractivity contribution is 7.17. The van der Waals surface area contributed by atoms with Crippen molar-refractivity contribution in [3.05, 3.63) is 51.9 Å². The van der Waals surface area contributed by atoms with Crippen LogP contribution in [0.4, 0.5) is 0 Å². The molecule has 0 radical (unpaired) electrons. The molecule has 1 aliphatic carbocycles. The molecular formula is C23H27N3O2S. The number of nitrogens with zero attached hydrogens (tertiary/aromatic N) is 2. The SMILES string of the molecule is Cc1ccc(-c2csc3ncn(CC(=O)N[C@H]4CCC[C@@H](C)[C@@H]4C)c(=O)c23)cc1. The van der Waals surface area contributed by atoms with E-state index in [9.17, 15) is 9.59 Å². The van der Waals surface area contributed by atoms with Gasteiger partial charge in [0.2, 0.25) is 5.91 Å². The molecule has 6 heteroatoms. The fourth-order valence-corrected chi connectivity index (χ4v) is 5.13. The number of thiophene rings is 1. The minimum absolute atomic E-state index is 0.00254. The van der Waals surface area contributed by atoms with Crippen LogP contribution in [0.25, 0.3) is 21.3 Å². The Balaban J connectivity index is 1.59. The minimum atomic E-state index is -0.160. The number of carbonyl (C=O) groups excluding carboxylic acids is 1. The average Bonchev–Trinajstić information content (AvgIpc) is 3.13. The molecule has 4 rings (SSSR count). The zero-order valence-electron chi connectivity index (χ0n) is 17.1. The van der Waals surface area contributed by atoms with E-state index in [1.165, 1.54) is 34.2 Å². The van der Waals surface area contributed by atoms with Crippen LogP contribution in [-0.2, 0) is 11.3 Å². The molecular weight excluding hydrogens is 382 g/mol. The molecule has 3 aromatic rings. The van der Waals surface area contributed by atoms with Crippen LogP contribution in [0.3, 0.4) is 0 Å². The second-order valence-electron chi connectivity index (χ2n) is 8.31. The lowest BCUT2D eigenvalue weighted by atomic mass is 9.78. The van der Waals surface area contributed by atoms with Gasteiger partial charge in [-0.3, -0.25) is 14.2 Å². The summed E-state index contributed by atoms with van der Waals surface area (Å²) in [5, 5.41) is 5.71. The summed E-state index contributed by atoms with van der Waals surface area (Å²) in [4.78, 5) is 30.9. The number of rotatable bonds is 4. The maximum Gasteiger partial charge on any atom is 0.263 e. The summed E-state index contributed by atoms with van der Waals surface area (Å²) in [6.07, 6.45) is 4.85. The maximum atomic E-state index is 13.1. The Kier molecular flexibility index (Phi) is 5.54. The maximum absolute atomic E-state index is 13.1. The van der Waals surface area contributed by atoms with Crippen molar-refractivity contribution in [1.82, 2.24) is 14.9 Å². The lowest BCUT2D eigenvalue weighted by Gasteiger charge is -2.34. The van der Waals surface area contributed by atoms with Crippen molar-refractivity contribution in [2.75, 3.05) is 0 Å². The fourth-order valence-electron chi connectivity index (χ4n) is 4.22. The topological polar surface area (TPSA) is 64.0 Å². The van der Waals surface area contributed by atoms with Crippen molar-refractivity contribution in [3.8, 4) is 11.1 Å². The van der Waals surface area contributed by atoms with Gasteiger partial charge in [0.1, 0.15) is 11.4 Å². The van der Waals surface area contributed by atoms with E-state index < -0.39 is 0 Å². The molecule has 0 aliphatic heterocycles. The summed E-state index contributed by atoms with van der Waals surface area (Å²) in [6, 6.07) is 8.29. The van der Waals surface area contributed by atoms with E-state index in [0.29, 0.717) is 22.1 Å². The number of nitrogens with one attached hydrogen (secondary N) is 1. The zero-order valence-corrected chi connectivity index (χ0v) is 18.0. The zero-order chi connectivity index (χ0) is 20.5. The first-order chi connectivity index (χ1) is 13.9. The summed E-state index contributed by atoms with van der Waals surface area (Å²) in [5.74, 6) is 0.944. The largest absolute Gasteiger partial charge is 0.352 e. The molecule has 1 saturated carbocycles. The van der Waals surface area contributed by atoms with Gasteiger partial charge >= 0.3 is 0 Å². The molecule has 0 unspecified atom stereocenters. The quantitative estimate of drug-likeness (QED) is 0.696. The van der Waals surface area contributed by atoms with Crippen molar-refractivity contribution >= 4 is 27.5 Å². The first-order valence-electron chi connectivity index (χ1n) is 10.3. The lowest BCUT2D eigenvalue weighted by molar-refractivity contribution is -0.123. The smallest absolute Gasteiger partial charge is 0.263 e. The van der Waals surface area contributed by atoms with Gasteiger partial charge in [0.15, 0.2) is 0 Å². The summed E-state index contributed by atoms with van der Waals surface area (Å²) in [6.45, 7) is 6.49. The third kappa shape index (κ3) is 3.99. The molecule has 152 valence electrons. The molecule has 1 aliphatic rings. The number of benzene rings is 1. The standard InChI is InChI=1S/C23H27N3O2S/c1-14-7-9-17(10-8-14)18-12-29-22-21(18)23(28)26(13-24-22)11-20(27)25-19-6-4-5-15(2)16(19)3/h7-10,12-13,15-16,19H,4-6,11H2,1-3H3,(H,25,27)/t15-,16+,19+/m1/s1. The molecule has 2 aromatic heterocycles. The predicted octanol–water partition coefficient (Wildman–Crippen LogP) is 4.37. The monoisotopic (exact) mass is 409 g/mol. The average molecular weight is 410 g/mol. The van der Waals surface area contributed by atoms with Gasteiger partial charge in [-0.25, -0.2) is 4.98 Å². The Bertz CT molecular complexity index is 1080. The molecule has 5 nitrogen and oxygen atoms in total. The summed E-state index contributed by atoms with van der Waals surface area (Å²) < 4.78 is 1.43. The van der Waals surface area contributed by atoms with Gasteiger partial charge in [-0.1, -0.05) is 56.5 Å². The third-order valence-corrected chi connectivity index (χ3v) is 7.18. The molecule has 0 spiro atoms. The highest BCUT2D eigenvalue weighted by Crippen LogP contribution is 2.31. The summed E-state index contributed by atoms with van der Waals surface area (Å²) in [7, 11) is 0. The number of hydrogen-bond donors (Lipinski definition) is 1. The van der Waals surface area contributed by atoms with Crippen LogP contribution in [0.5, 0.6) is 0 Å². The summed E-state index contributed by atoms with van der Waals surface area (Å²) >= 11 is 1.46. The molecule has 29 heavy (non-hydrogen) atoms. The van der Waals surface area contributed by atoms with E-state index in [1.807, 2.05) is 36.6 Å². The van der Waals surface area contributed by atoms with Crippen LogP contribution in [-0.4, -0.2) is 21.5 Å². The minimum Gasteiger partial charge on any atom is -0.352 e. The van der Waals surface area contributed by atoms with E-state index in [4.69, 9.17) is 0 Å². The Morgan fingerprint density at radius 3 is 2.76 bits per heavy atom. The first-order valence-corrected chi connectivity index (χ1v) is 11.1. The van der Waals surface area contributed by atoms with Crippen molar-refractivity contribution in [2.24, 2.45) is 11.8 Å². The molecule has 1 amide bonds. The van der Waals surface area contributed by atoms with E-state index >= 15 is 0 Å². The molecule has 0 saturated heterocycles. The van der Waals surface area contributed by atoms with Gasteiger partial charge in [0, 0.05) is 17.0 Å².